The molecule has 3 atom stereocenters. The molecule has 1 amide bonds. The van der Waals surface area contributed by atoms with Gasteiger partial charge in [0.25, 0.3) is 11.5 Å². The van der Waals surface area contributed by atoms with Crippen LogP contribution in [0.15, 0.2) is 99.8 Å². The maximum Gasteiger partial charge on any atom is 0.406 e. The van der Waals surface area contributed by atoms with E-state index in [0.29, 0.717) is 47.3 Å². The van der Waals surface area contributed by atoms with Gasteiger partial charge in [-0.3, -0.25) is 29.0 Å². The lowest BCUT2D eigenvalue weighted by atomic mass is 9.88. The molecule has 13 nitrogen and oxygen atoms in total. The standard InChI is InChI=1S/C42H38F4N6O7/c1-24-16-27(51-13-15-57-21-35(51)42(44,45)46)17-31(43)36(24)38(54)49-41(22-53,23-59-28-7-5-25-10-14-58-34(25)18-28)19-26-6-8-32(37-29(26)4-3-11-48-37)52-39(55)30-9-12-47-20-33(30)50(2)40(52)56/h3-9,11-12,17-18,20,22,27,35H,10,13-16,19,21,23H2,1-2H3,(H,49,54)/t27?,35-,41+/m1/s1. The average molecular weight is 815 g/mol. The molecule has 3 aromatic heterocycles. The second-order valence-corrected chi connectivity index (χ2v) is 14.9. The number of fused-ring (bicyclic) bond motifs is 3. The summed E-state index contributed by atoms with van der Waals surface area (Å²) in [6.07, 6.45) is 1.63. The van der Waals surface area contributed by atoms with Crippen molar-refractivity contribution in [1.29, 1.82) is 0 Å². The molecule has 1 aliphatic carbocycles. The first-order chi connectivity index (χ1) is 28.3. The minimum atomic E-state index is -4.62. The Morgan fingerprint density at radius 3 is 2.69 bits per heavy atom. The lowest BCUT2D eigenvalue weighted by Crippen LogP contribution is -2.58. The first-order valence-electron chi connectivity index (χ1n) is 18.9. The fourth-order valence-corrected chi connectivity index (χ4v) is 8.11. The second kappa shape index (κ2) is 15.5. The number of morpholine rings is 1. The monoisotopic (exact) mass is 814 g/mol. The Morgan fingerprint density at radius 1 is 1.08 bits per heavy atom. The third kappa shape index (κ3) is 7.40. The quantitative estimate of drug-likeness (QED) is 0.159. The van der Waals surface area contributed by atoms with Gasteiger partial charge in [-0.15, -0.1) is 0 Å². The summed E-state index contributed by atoms with van der Waals surface area (Å²) < 4.78 is 77.0. The number of hydrogen-bond acceptors (Lipinski definition) is 10. The minimum absolute atomic E-state index is 0.0331. The van der Waals surface area contributed by atoms with Crippen molar-refractivity contribution in [2.45, 2.75) is 50.0 Å². The van der Waals surface area contributed by atoms with Crippen LogP contribution < -0.4 is 26.0 Å². The molecule has 3 aliphatic rings. The summed E-state index contributed by atoms with van der Waals surface area (Å²) in [5, 5.41) is 3.40. The number of benzene rings is 2. The van der Waals surface area contributed by atoms with Gasteiger partial charge in [-0.25, -0.2) is 13.8 Å². The predicted octanol–water partition coefficient (Wildman–Crippen LogP) is 4.45. The van der Waals surface area contributed by atoms with Crippen molar-refractivity contribution in [2.75, 3.05) is 33.0 Å². The lowest BCUT2D eigenvalue weighted by Gasteiger charge is -2.41. The van der Waals surface area contributed by atoms with E-state index in [1.807, 2.05) is 6.07 Å². The number of amides is 1. The van der Waals surface area contributed by atoms with Crippen molar-refractivity contribution in [3.63, 3.8) is 0 Å². The number of hydrogen-bond donors (Lipinski definition) is 1. The average Bonchev–Trinajstić information content (AvgIpc) is 3.70. The number of aldehydes is 1. The molecule has 1 saturated heterocycles. The van der Waals surface area contributed by atoms with Crippen molar-refractivity contribution < 1.29 is 41.4 Å². The first kappa shape index (κ1) is 39.6. The van der Waals surface area contributed by atoms with E-state index < -0.39 is 65.6 Å². The van der Waals surface area contributed by atoms with Gasteiger partial charge in [0.15, 0.2) is 0 Å². The topological polar surface area (TPSA) is 147 Å². The van der Waals surface area contributed by atoms with E-state index in [1.165, 1.54) is 49.3 Å². The molecule has 1 unspecified atom stereocenters. The summed E-state index contributed by atoms with van der Waals surface area (Å²) in [6, 6.07) is 10.2. The van der Waals surface area contributed by atoms with Crippen LogP contribution in [0.2, 0.25) is 0 Å². The maximum absolute atomic E-state index is 16.1. The molecule has 0 radical (unpaired) electrons. The van der Waals surface area contributed by atoms with E-state index in [1.54, 1.807) is 30.3 Å². The highest BCUT2D eigenvalue weighted by Crippen LogP contribution is 2.36. The molecule has 17 heteroatoms. The van der Waals surface area contributed by atoms with E-state index in [2.05, 4.69) is 15.3 Å². The lowest BCUT2D eigenvalue weighted by molar-refractivity contribution is -0.216. The van der Waals surface area contributed by atoms with Gasteiger partial charge < -0.3 is 24.3 Å². The zero-order valence-corrected chi connectivity index (χ0v) is 31.9. The molecule has 1 N–H and O–H groups in total. The number of rotatable bonds is 10. The zero-order chi connectivity index (χ0) is 41.6. The van der Waals surface area contributed by atoms with E-state index >= 15 is 4.39 Å². The van der Waals surface area contributed by atoms with E-state index in [0.717, 1.165) is 21.1 Å². The molecule has 0 bridgehead atoms. The minimum Gasteiger partial charge on any atom is -0.493 e. The van der Waals surface area contributed by atoms with Crippen LogP contribution in [0.3, 0.4) is 0 Å². The molecule has 306 valence electrons. The molecular weight excluding hydrogens is 776 g/mol. The Labute approximate surface area is 333 Å². The molecule has 2 aliphatic heterocycles. The molecular formula is C42H38F4N6O7. The van der Waals surface area contributed by atoms with Crippen LogP contribution in [0.1, 0.15) is 24.5 Å². The summed E-state index contributed by atoms with van der Waals surface area (Å²) in [5.41, 5.74) is -1.15. The summed E-state index contributed by atoms with van der Waals surface area (Å²) in [4.78, 5) is 64.7. The SMILES string of the molecule is CC1=C(C(=O)N[C@@](C=O)(COc2ccc3c(c2)OCC3)Cc2ccc(-n3c(=O)c4ccncc4n(C)c3=O)c3ncccc23)C(F)=CC(N2CCOC[C@@H]2C(F)(F)F)C1. The van der Waals surface area contributed by atoms with Crippen molar-refractivity contribution in [3.8, 4) is 17.2 Å². The third-order valence-electron chi connectivity index (χ3n) is 11.1. The third-order valence-corrected chi connectivity index (χ3v) is 11.1. The second-order valence-electron chi connectivity index (χ2n) is 14.9. The number of aromatic nitrogens is 4. The molecule has 5 aromatic rings. The Hall–Kier alpha value is -6.20. The van der Waals surface area contributed by atoms with Gasteiger partial charge in [-0.1, -0.05) is 23.8 Å². The number of aryl methyl sites for hydroxylation is 1. The van der Waals surface area contributed by atoms with Gasteiger partial charge in [0.1, 0.15) is 41.8 Å². The first-order valence-corrected chi connectivity index (χ1v) is 18.9. The molecule has 1 fully saturated rings. The Balaban J connectivity index is 1.16. The van der Waals surface area contributed by atoms with Crippen molar-refractivity contribution in [1.82, 2.24) is 29.3 Å². The normalized spacial score (nSPS) is 19.5. The number of alkyl halides is 3. The molecule has 0 saturated carbocycles. The summed E-state index contributed by atoms with van der Waals surface area (Å²) in [5.74, 6) is -1.06. The highest BCUT2D eigenvalue weighted by molar-refractivity contribution is 6.00. The van der Waals surface area contributed by atoms with Gasteiger partial charge in [-0.05, 0) is 54.8 Å². The molecule has 5 heterocycles. The van der Waals surface area contributed by atoms with Crippen LogP contribution in [-0.4, -0.2) is 93.0 Å². The van der Waals surface area contributed by atoms with Crippen LogP contribution in [0.25, 0.3) is 27.5 Å². The van der Waals surface area contributed by atoms with E-state index in [4.69, 9.17) is 14.2 Å². The van der Waals surface area contributed by atoms with Crippen molar-refractivity contribution in [2.24, 2.45) is 7.05 Å². The number of ether oxygens (including phenoxy) is 3. The molecule has 2 aromatic carbocycles. The van der Waals surface area contributed by atoms with Crippen molar-refractivity contribution in [3.05, 3.63) is 122 Å². The Morgan fingerprint density at radius 2 is 1.92 bits per heavy atom. The van der Waals surface area contributed by atoms with E-state index in [-0.39, 0.29) is 48.2 Å². The van der Waals surface area contributed by atoms with Crippen LogP contribution >= 0.6 is 0 Å². The van der Waals surface area contributed by atoms with Gasteiger partial charge >= 0.3 is 11.9 Å². The zero-order valence-electron chi connectivity index (χ0n) is 31.9. The molecule has 0 spiro atoms. The van der Waals surface area contributed by atoms with Crippen LogP contribution in [0.4, 0.5) is 17.6 Å². The fraction of sp³-hybridized carbons (Fsp3) is 0.333. The highest BCUT2D eigenvalue weighted by atomic mass is 19.4. The predicted molar refractivity (Wildman–Crippen MR) is 207 cm³/mol. The Kier molecular flexibility index (Phi) is 10.4. The number of pyridine rings is 2. The Bertz CT molecular complexity index is 2690. The summed E-state index contributed by atoms with van der Waals surface area (Å²) in [6.45, 7) is 0.873. The van der Waals surface area contributed by atoms with Crippen LogP contribution in [0, 0.1) is 0 Å². The number of carbonyl (C=O) groups excluding carboxylic acids is 2. The van der Waals surface area contributed by atoms with Gasteiger partial charge in [0.2, 0.25) is 0 Å². The smallest absolute Gasteiger partial charge is 0.406 e. The number of nitrogens with zero attached hydrogens (tertiary/aromatic N) is 5. The summed E-state index contributed by atoms with van der Waals surface area (Å²) >= 11 is 0. The number of carbonyl (C=O) groups is 2. The fourth-order valence-electron chi connectivity index (χ4n) is 8.11. The van der Waals surface area contributed by atoms with Crippen LogP contribution in [-0.2, 0) is 34.2 Å². The van der Waals surface area contributed by atoms with Gasteiger partial charge in [-0.2, -0.15) is 13.2 Å². The van der Waals surface area contributed by atoms with Crippen molar-refractivity contribution >= 4 is 34.0 Å². The maximum atomic E-state index is 16.1. The van der Waals surface area contributed by atoms with E-state index in [9.17, 15) is 32.3 Å². The molecule has 59 heavy (non-hydrogen) atoms. The van der Waals surface area contributed by atoms with Gasteiger partial charge in [0, 0.05) is 56.3 Å². The number of nitrogens with one attached hydrogen (secondary N) is 1. The molecule has 8 rings (SSSR count). The largest absolute Gasteiger partial charge is 0.493 e. The van der Waals surface area contributed by atoms with Gasteiger partial charge in [0.05, 0.1) is 53.7 Å². The van der Waals surface area contributed by atoms with Crippen LogP contribution in [0.5, 0.6) is 11.5 Å². The number of halogens is 4. The highest BCUT2D eigenvalue weighted by Gasteiger charge is 2.48. The summed E-state index contributed by atoms with van der Waals surface area (Å²) in [7, 11) is 1.52.